The molecule has 2 aromatic carbocycles. The number of carbonyl (C=O) groups excluding carboxylic acids is 1. The van der Waals surface area contributed by atoms with E-state index in [9.17, 15) is 4.79 Å². The lowest BCUT2D eigenvalue weighted by Crippen LogP contribution is -2.52. The zero-order valence-electron chi connectivity index (χ0n) is 21.1. The summed E-state index contributed by atoms with van der Waals surface area (Å²) in [7, 11) is 0. The summed E-state index contributed by atoms with van der Waals surface area (Å²) in [5.41, 5.74) is 3.34. The number of likely N-dealkylation sites (tertiary alicyclic amines) is 1. The average molecular weight is 486 g/mol. The quantitative estimate of drug-likeness (QED) is 0.502. The van der Waals surface area contributed by atoms with Crippen LogP contribution in [0, 0.1) is 12.8 Å². The highest BCUT2D eigenvalue weighted by Gasteiger charge is 2.31. The number of rotatable bonds is 7. The number of aryl methyl sites for hydroxylation is 1. The van der Waals surface area contributed by atoms with E-state index in [0.717, 1.165) is 69.8 Å². The van der Waals surface area contributed by atoms with Gasteiger partial charge in [0.2, 0.25) is 17.6 Å². The van der Waals surface area contributed by atoms with Gasteiger partial charge in [-0.3, -0.25) is 14.6 Å². The van der Waals surface area contributed by atoms with Gasteiger partial charge in [-0.05, 0) is 37.4 Å². The van der Waals surface area contributed by atoms with Crippen LogP contribution in [0.2, 0.25) is 0 Å². The topological polar surface area (TPSA) is 65.7 Å². The molecule has 5 rings (SSSR count). The summed E-state index contributed by atoms with van der Waals surface area (Å²) in [6, 6.07) is 18.4. The Morgan fingerprint density at radius 2 is 1.78 bits per heavy atom. The highest BCUT2D eigenvalue weighted by molar-refractivity contribution is 5.79. The lowest BCUT2D eigenvalue weighted by molar-refractivity contribution is -0.139. The van der Waals surface area contributed by atoms with Gasteiger partial charge < -0.3 is 9.42 Å². The van der Waals surface area contributed by atoms with E-state index in [1.807, 2.05) is 37.3 Å². The molecule has 188 valence electrons. The number of benzene rings is 2. The van der Waals surface area contributed by atoms with Gasteiger partial charge in [-0.1, -0.05) is 71.9 Å². The second-order valence-corrected chi connectivity index (χ2v) is 9.84. The van der Waals surface area contributed by atoms with Gasteiger partial charge in [-0.25, -0.2) is 0 Å². The Hall–Kier alpha value is -3.29. The number of nitrogens with zero attached hydrogens (tertiary/aromatic N) is 5. The van der Waals surface area contributed by atoms with Crippen LogP contribution >= 0.6 is 0 Å². The molecule has 2 saturated heterocycles. The van der Waals surface area contributed by atoms with Crippen LogP contribution in [0.1, 0.15) is 29.9 Å². The lowest BCUT2D eigenvalue weighted by atomic mass is 9.96. The highest BCUT2D eigenvalue weighted by Crippen LogP contribution is 2.23. The number of amides is 1. The standard InChI is InChI=1S/C29H35N5O2/c1-23-9-5-6-14-26(23)28-30-27(36-31-28)22-33-16-8-13-25(21-33)29(35)34-19-17-32(18-20-34)15-7-12-24-10-3-2-4-11-24/h2-7,9-12,14,25H,8,13,15-22H2,1H3/b12-7+. The molecule has 0 radical (unpaired) electrons. The van der Waals surface area contributed by atoms with Gasteiger partial charge in [0.1, 0.15) is 0 Å². The van der Waals surface area contributed by atoms with Crippen molar-refractivity contribution in [3.63, 3.8) is 0 Å². The number of piperidine rings is 1. The predicted molar refractivity (Wildman–Crippen MR) is 141 cm³/mol. The number of carbonyl (C=O) groups is 1. The first-order chi connectivity index (χ1) is 17.7. The summed E-state index contributed by atoms with van der Waals surface area (Å²) in [4.78, 5) is 24.7. The Morgan fingerprint density at radius 3 is 2.58 bits per heavy atom. The largest absolute Gasteiger partial charge is 0.340 e. The summed E-state index contributed by atoms with van der Waals surface area (Å²) in [5.74, 6) is 1.58. The van der Waals surface area contributed by atoms with E-state index in [1.54, 1.807) is 0 Å². The minimum Gasteiger partial charge on any atom is -0.340 e. The normalized spacial score (nSPS) is 19.7. The smallest absolute Gasteiger partial charge is 0.241 e. The van der Waals surface area contributed by atoms with E-state index < -0.39 is 0 Å². The Labute approximate surface area is 213 Å². The summed E-state index contributed by atoms with van der Waals surface area (Å²) in [6.45, 7) is 8.71. The monoisotopic (exact) mass is 485 g/mol. The second kappa shape index (κ2) is 11.6. The predicted octanol–water partition coefficient (Wildman–Crippen LogP) is 4.11. The van der Waals surface area contributed by atoms with Crippen molar-refractivity contribution in [2.75, 3.05) is 45.8 Å². The van der Waals surface area contributed by atoms with Crippen LogP contribution in [0.4, 0.5) is 0 Å². The van der Waals surface area contributed by atoms with Crippen molar-refractivity contribution >= 4 is 12.0 Å². The first-order valence-electron chi connectivity index (χ1n) is 13.0. The van der Waals surface area contributed by atoms with Gasteiger partial charge in [-0.15, -0.1) is 0 Å². The lowest BCUT2D eigenvalue weighted by Gasteiger charge is -2.38. The number of hydrogen-bond donors (Lipinski definition) is 0. The molecule has 2 fully saturated rings. The molecule has 0 N–H and O–H groups in total. The van der Waals surface area contributed by atoms with Gasteiger partial charge in [0.15, 0.2) is 0 Å². The molecule has 2 aliphatic rings. The molecule has 0 bridgehead atoms. The third kappa shape index (κ3) is 6.09. The minimum atomic E-state index is 0.0436. The highest BCUT2D eigenvalue weighted by atomic mass is 16.5. The molecular formula is C29H35N5O2. The molecular weight excluding hydrogens is 450 g/mol. The maximum atomic E-state index is 13.3. The van der Waals surface area contributed by atoms with Crippen LogP contribution < -0.4 is 0 Å². The third-order valence-corrected chi connectivity index (χ3v) is 7.23. The Morgan fingerprint density at radius 1 is 1.00 bits per heavy atom. The molecule has 1 amide bonds. The maximum absolute atomic E-state index is 13.3. The molecule has 1 aromatic heterocycles. The molecule has 3 heterocycles. The van der Waals surface area contributed by atoms with Crippen molar-refractivity contribution < 1.29 is 9.32 Å². The van der Waals surface area contributed by atoms with E-state index in [0.29, 0.717) is 24.2 Å². The van der Waals surface area contributed by atoms with E-state index in [1.165, 1.54) is 5.56 Å². The molecule has 0 spiro atoms. The third-order valence-electron chi connectivity index (χ3n) is 7.23. The van der Waals surface area contributed by atoms with Crippen molar-refractivity contribution in [3.8, 4) is 11.4 Å². The van der Waals surface area contributed by atoms with Gasteiger partial charge >= 0.3 is 0 Å². The van der Waals surface area contributed by atoms with E-state index >= 15 is 0 Å². The van der Waals surface area contributed by atoms with Gasteiger partial charge in [0.05, 0.1) is 12.5 Å². The zero-order valence-corrected chi connectivity index (χ0v) is 21.1. The van der Waals surface area contributed by atoms with Crippen LogP contribution in [0.3, 0.4) is 0 Å². The maximum Gasteiger partial charge on any atom is 0.241 e. The van der Waals surface area contributed by atoms with Crippen LogP contribution in [0.25, 0.3) is 17.5 Å². The number of piperazine rings is 1. The molecule has 2 aliphatic heterocycles. The van der Waals surface area contributed by atoms with Crippen molar-refractivity contribution in [2.24, 2.45) is 5.92 Å². The van der Waals surface area contributed by atoms with Gasteiger partial charge in [-0.2, -0.15) is 4.98 Å². The molecule has 36 heavy (non-hydrogen) atoms. The van der Waals surface area contributed by atoms with Crippen LogP contribution in [-0.2, 0) is 11.3 Å². The summed E-state index contributed by atoms with van der Waals surface area (Å²) >= 11 is 0. The fraction of sp³-hybridized carbons (Fsp3) is 0.414. The summed E-state index contributed by atoms with van der Waals surface area (Å²) in [6.07, 6.45) is 6.35. The van der Waals surface area contributed by atoms with E-state index in [4.69, 9.17) is 4.52 Å². The molecule has 0 aliphatic carbocycles. The molecule has 7 nitrogen and oxygen atoms in total. The zero-order chi connectivity index (χ0) is 24.7. The molecule has 1 atom stereocenters. The van der Waals surface area contributed by atoms with Crippen molar-refractivity contribution in [2.45, 2.75) is 26.3 Å². The van der Waals surface area contributed by atoms with Crippen LogP contribution in [0.5, 0.6) is 0 Å². The van der Waals surface area contributed by atoms with Crippen LogP contribution in [-0.4, -0.2) is 76.6 Å². The van der Waals surface area contributed by atoms with Gasteiger partial charge in [0.25, 0.3) is 0 Å². The molecule has 7 heteroatoms. The Balaban J connectivity index is 1.09. The SMILES string of the molecule is Cc1ccccc1-c1noc(CN2CCCC(C(=O)N3CCN(C/C=C/c4ccccc4)CC3)C2)n1. The summed E-state index contributed by atoms with van der Waals surface area (Å²) < 4.78 is 5.55. The fourth-order valence-corrected chi connectivity index (χ4v) is 5.16. The minimum absolute atomic E-state index is 0.0436. The first kappa shape index (κ1) is 24.4. The van der Waals surface area contributed by atoms with Crippen molar-refractivity contribution in [1.82, 2.24) is 24.8 Å². The molecule has 3 aromatic rings. The number of hydrogen-bond acceptors (Lipinski definition) is 6. The Kier molecular flexibility index (Phi) is 7.88. The van der Waals surface area contributed by atoms with E-state index in [2.05, 4.69) is 61.3 Å². The first-order valence-corrected chi connectivity index (χ1v) is 13.0. The van der Waals surface area contributed by atoms with Crippen molar-refractivity contribution in [3.05, 3.63) is 77.7 Å². The average Bonchev–Trinajstić information content (AvgIpc) is 3.38. The Bertz CT molecular complexity index is 1170. The van der Waals surface area contributed by atoms with Gasteiger partial charge in [0, 0.05) is 44.8 Å². The van der Waals surface area contributed by atoms with Crippen LogP contribution in [0.15, 0.2) is 65.2 Å². The number of aromatic nitrogens is 2. The van der Waals surface area contributed by atoms with E-state index in [-0.39, 0.29) is 5.92 Å². The summed E-state index contributed by atoms with van der Waals surface area (Å²) in [5, 5.41) is 4.19. The fourth-order valence-electron chi connectivity index (χ4n) is 5.16. The molecule has 0 saturated carbocycles. The van der Waals surface area contributed by atoms with Crippen molar-refractivity contribution in [1.29, 1.82) is 0 Å². The molecule has 1 unspecified atom stereocenters. The second-order valence-electron chi connectivity index (χ2n) is 9.84.